The lowest BCUT2D eigenvalue weighted by molar-refractivity contribution is 0.657. The Balaban J connectivity index is 1.04. The maximum atomic E-state index is 6.63. The molecule has 0 bridgehead atoms. The van der Waals surface area contributed by atoms with Gasteiger partial charge in [-0.3, -0.25) is 0 Å². The second-order valence-electron chi connectivity index (χ2n) is 15.2. The molecule has 248 valence electrons. The zero-order chi connectivity index (χ0) is 35.0. The van der Waals surface area contributed by atoms with Gasteiger partial charge >= 0.3 is 0 Å². The van der Waals surface area contributed by atoms with E-state index in [0.29, 0.717) is 0 Å². The van der Waals surface area contributed by atoms with Crippen molar-refractivity contribution in [1.29, 1.82) is 0 Å². The van der Waals surface area contributed by atoms with Gasteiger partial charge in [0.25, 0.3) is 0 Å². The largest absolute Gasteiger partial charge is 0.455 e. The molecule has 0 radical (unpaired) electrons. The summed E-state index contributed by atoms with van der Waals surface area (Å²) < 4.78 is 9.07. The van der Waals surface area contributed by atoms with Gasteiger partial charge in [-0.25, -0.2) is 0 Å². The number of hydrogen-bond donors (Lipinski definition) is 0. The highest BCUT2D eigenvalue weighted by atomic mass is 16.3. The first-order valence-corrected chi connectivity index (χ1v) is 18.5. The quantitative estimate of drug-likeness (QED) is 0.167. The fraction of sp³-hybridized carbons (Fsp3) is 0.0588. The molecule has 53 heavy (non-hydrogen) atoms. The Hall–Kier alpha value is -6.64. The van der Waals surface area contributed by atoms with Gasteiger partial charge in [-0.15, -0.1) is 0 Å². The van der Waals surface area contributed by atoms with Gasteiger partial charge in [-0.1, -0.05) is 141 Å². The summed E-state index contributed by atoms with van der Waals surface area (Å²) in [5.41, 5.74) is 13.0. The third-order valence-electron chi connectivity index (χ3n) is 12.2. The maximum Gasteiger partial charge on any atom is 0.143 e. The van der Waals surface area contributed by atoms with Crippen LogP contribution in [-0.2, 0) is 5.41 Å². The molecule has 0 fully saturated rings. The van der Waals surface area contributed by atoms with E-state index in [1.807, 2.05) is 0 Å². The molecule has 0 saturated carbocycles. The van der Waals surface area contributed by atoms with Crippen LogP contribution < -0.4 is 0 Å². The van der Waals surface area contributed by atoms with Gasteiger partial charge in [0.1, 0.15) is 11.2 Å². The number of aromatic nitrogens is 1. The zero-order valence-corrected chi connectivity index (χ0v) is 29.4. The van der Waals surface area contributed by atoms with Crippen molar-refractivity contribution in [2.45, 2.75) is 19.3 Å². The molecule has 2 aromatic heterocycles. The highest BCUT2D eigenvalue weighted by Crippen LogP contribution is 2.56. The first-order valence-electron chi connectivity index (χ1n) is 18.5. The second kappa shape index (κ2) is 10.2. The van der Waals surface area contributed by atoms with Crippen LogP contribution in [0.15, 0.2) is 168 Å². The maximum absolute atomic E-state index is 6.63. The number of fused-ring (bicyclic) bond motifs is 17. The Morgan fingerprint density at radius 3 is 1.77 bits per heavy atom. The first-order chi connectivity index (χ1) is 26.1. The summed E-state index contributed by atoms with van der Waals surface area (Å²) in [5.74, 6) is 0. The van der Waals surface area contributed by atoms with E-state index >= 15 is 0 Å². The zero-order valence-electron chi connectivity index (χ0n) is 29.4. The summed E-state index contributed by atoms with van der Waals surface area (Å²) in [4.78, 5) is 0. The topological polar surface area (TPSA) is 18.1 Å². The number of hydrogen-bond acceptors (Lipinski definition) is 1. The summed E-state index contributed by atoms with van der Waals surface area (Å²) >= 11 is 0. The van der Waals surface area contributed by atoms with Crippen LogP contribution in [0, 0.1) is 0 Å². The van der Waals surface area contributed by atoms with E-state index in [0.717, 1.165) is 16.9 Å². The third-order valence-corrected chi connectivity index (χ3v) is 12.2. The van der Waals surface area contributed by atoms with Gasteiger partial charge in [-0.05, 0) is 96.5 Å². The van der Waals surface area contributed by atoms with E-state index in [1.165, 1.54) is 98.3 Å². The average Bonchev–Trinajstić information content (AvgIpc) is 3.83. The van der Waals surface area contributed by atoms with Gasteiger partial charge in [0, 0.05) is 38.2 Å². The molecule has 0 atom stereocenters. The highest BCUT2D eigenvalue weighted by molar-refractivity contribution is 6.26. The average molecular weight is 676 g/mol. The number of furan rings is 1. The number of benzene rings is 9. The highest BCUT2D eigenvalue weighted by Gasteiger charge is 2.40. The smallest absolute Gasteiger partial charge is 0.143 e. The molecule has 0 spiro atoms. The molecule has 9 aromatic carbocycles. The fourth-order valence-corrected chi connectivity index (χ4v) is 9.80. The third kappa shape index (κ3) is 3.77. The van der Waals surface area contributed by atoms with Crippen LogP contribution in [0.4, 0.5) is 0 Å². The van der Waals surface area contributed by atoms with Gasteiger partial charge in [0.15, 0.2) is 0 Å². The molecule has 0 saturated heterocycles. The minimum atomic E-state index is -0.207. The molecule has 2 heterocycles. The Morgan fingerprint density at radius 2 is 1.04 bits per heavy atom. The summed E-state index contributed by atoms with van der Waals surface area (Å²) in [7, 11) is 0. The summed E-state index contributed by atoms with van der Waals surface area (Å²) in [5, 5.41) is 12.7. The van der Waals surface area contributed by atoms with E-state index in [4.69, 9.17) is 4.42 Å². The molecule has 0 amide bonds. The lowest BCUT2D eigenvalue weighted by Gasteiger charge is -2.22. The molecule has 0 aliphatic heterocycles. The molecular weight excluding hydrogens is 643 g/mol. The van der Waals surface area contributed by atoms with Crippen LogP contribution in [0.1, 0.15) is 25.0 Å². The molecule has 2 heteroatoms. The monoisotopic (exact) mass is 675 g/mol. The Kier molecular flexibility index (Phi) is 5.60. The molecule has 1 aliphatic carbocycles. The molecule has 11 aromatic rings. The van der Waals surface area contributed by atoms with Gasteiger partial charge < -0.3 is 8.98 Å². The normalized spacial score (nSPS) is 13.6. The van der Waals surface area contributed by atoms with Gasteiger partial charge in [-0.2, -0.15) is 0 Å². The van der Waals surface area contributed by atoms with Crippen molar-refractivity contribution in [3.8, 4) is 27.9 Å². The Morgan fingerprint density at radius 1 is 0.453 bits per heavy atom. The standard InChI is InChI=1S/C51H33NO/c1-51(2)43-27-25-39-38-15-8-10-18-46(38)53-50(39)47(43)41-26-28-45-48(49(41)51)40-16-7-9-17-44(40)52(45)32-22-19-30(20-23-32)31-21-24-37-35-13-4-3-11-33(35)34-12-5-6-14-36(34)42(37)29-31/h3-29H,1-2H3. The van der Waals surface area contributed by atoms with E-state index in [-0.39, 0.29) is 5.41 Å². The number of para-hydroxylation sites is 2. The van der Waals surface area contributed by atoms with E-state index < -0.39 is 0 Å². The summed E-state index contributed by atoms with van der Waals surface area (Å²) in [6.07, 6.45) is 0. The van der Waals surface area contributed by atoms with Crippen molar-refractivity contribution in [3.05, 3.63) is 175 Å². The van der Waals surface area contributed by atoms with Crippen molar-refractivity contribution in [3.63, 3.8) is 0 Å². The van der Waals surface area contributed by atoms with Crippen LogP contribution >= 0.6 is 0 Å². The predicted octanol–water partition coefficient (Wildman–Crippen LogP) is 14.1. The van der Waals surface area contributed by atoms with Crippen molar-refractivity contribution in [1.82, 2.24) is 4.57 Å². The van der Waals surface area contributed by atoms with E-state index in [2.05, 4.69) is 182 Å². The number of nitrogens with zero attached hydrogens (tertiary/aromatic N) is 1. The lowest BCUT2D eigenvalue weighted by atomic mass is 9.80. The summed E-state index contributed by atoms with van der Waals surface area (Å²) in [6, 6.07) is 60.2. The SMILES string of the molecule is CC1(C)c2ccc3c(oc4ccccc43)c2-c2ccc3c(c21)c1ccccc1n3-c1ccc(-c2ccc3c4ccccc4c4ccccc4c3c2)cc1. The van der Waals surface area contributed by atoms with Crippen molar-refractivity contribution >= 4 is 76.1 Å². The van der Waals surface area contributed by atoms with Gasteiger partial charge in [0.05, 0.1) is 11.0 Å². The molecule has 0 N–H and O–H groups in total. The van der Waals surface area contributed by atoms with Crippen LogP contribution in [-0.4, -0.2) is 4.57 Å². The van der Waals surface area contributed by atoms with Crippen LogP contribution in [0.2, 0.25) is 0 Å². The second-order valence-corrected chi connectivity index (χ2v) is 15.2. The van der Waals surface area contributed by atoms with Crippen LogP contribution in [0.5, 0.6) is 0 Å². The van der Waals surface area contributed by atoms with Crippen molar-refractivity contribution in [2.75, 3.05) is 0 Å². The van der Waals surface area contributed by atoms with Crippen molar-refractivity contribution < 1.29 is 4.42 Å². The van der Waals surface area contributed by atoms with Gasteiger partial charge in [0.2, 0.25) is 0 Å². The van der Waals surface area contributed by atoms with Crippen LogP contribution in [0.25, 0.3) is 104 Å². The Bertz CT molecular complexity index is 3320. The van der Waals surface area contributed by atoms with E-state index in [9.17, 15) is 0 Å². The molecule has 2 nitrogen and oxygen atoms in total. The number of rotatable bonds is 2. The molecule has 1 aliphatic rings. The molecular formula is C51H33NO. The minimum absolute atomic E-state index is 0.207. The van der Waals surface area contributed by atoms with E-state index in [1.54, 1.807) is 0 Å². The molecule has 0 unspecified atom stereocenters. The van der Waals surface area contributed by atoms with Crippen LogP contribution in [0.3, 0.4) is 0 Å². The summed E-state index contributed by atoms with van der Waals surface area (Å²) in [6.45, 7) is 4.75. The molecule has 12 rings (SSSR count). The Labute approximate surface area is 306 Å². The predicted molar refractivity (Wildman–Crippen MR) is 224 cm³/mol. The lowest BCUT2D eigenvalue weighted by Crippen LogP contribution is -2.15. The first kappa shape index (κ1) is 29.0. The fourth-order valence-electron chi connectivity index (χ4n) is 9.80. The van der Waals surface area contributed by atoms with Crippen molar-refractivity contribution in [2.24, 2.45) is 0 Å². The minimum Gasteiger partial charge on any atom is -0.455 e.